The van der Waals surface area contributed by atoms with E-state index in [2.05, 4.69) is 28.4 Å². The van der Waals surface area contributed by atoms with Crippen LogP contribution in [0.3, 0.4) is 0 Å². The Balaban J connectivity index is 1.61. The van der Waals surface area contributed by atoms with E-state index >= 15 is 0 Å². The lowest BCUT2D eigenvalue weighted by Crippen LogP contribution is -2.24. The second-order valence-electron chi connectivity index (χ2n) is 8.62. The van der Waals surface area contributed by atoms with Crippen LogP contribution in [-0.2, 0) is 23.0 Å². The quantitative estimate of drug-likeness (QED) is 0.589. The summed E-state index contributed by atoms with van der Waals surface area (Å²) in [6.07, 6.45) is 1.01. The van der Waals surface area contributed by atoms with E-state index in [4.69, 9.17) is 0 Å². The summed E-state index contributed by atoms with van der Waals surface area (Å²) in [5, 5.41) is 3.01. The molecule has 0 spiro atoms. The lowest BCUT2D eigenvalue weighted by molar-refractivity contribution is 0.102. The van der Waals surface area contributed by atoms with Gasteiger partial charge in [-0.1, -0.05) is 36.4 Å². The highest BCUT2D eigenvalue weighted by atomic mass is 32.2. The van der Waals surface area contributed by atoms with Crippen molar-refractivity contribution >= 4 is 27.3 Å². The number of rotatable bonds is 6. The van der Waals surface area contributed by atoms with Gasteiger partial charge in [0.1, 0.15) is 0 Å². The number of nitrogens with zero attached hydrogens (tertiary/aromatic N) is 2. The number of sulfonamides is 1. The summed E-state index contributed by atoms with van der Waals surface area (Å²) in [6, 6.07) is 19.3. The standard InChI is InChI=1S/C26H29N3O3S/c1-18-15-22(16-25(19(18)2)33(31,32)28(3)4)26(30)27-23-11-7-5-10-21(23)17-29-14-13-20-9-6-8-12-24(20)29/h5-12,15-16H,13-14,17H2,1-4H3,(H,27,30). The third-order valence-electron chi connectivity index (χ3n) is 6.25. The van der Waals surface area contributed by atoms with Crippen LogP contribution in [-0.4, -0.2) is 39.3 Å². The number of carbonyl (C=O) groups is 1. The number of anilines is 2. The molecule has 4 rings (SSSR count). The van der Waals surface area contributed by atoms with Crippen LogP contribution in [0.5, 0.6) is 0 Å². The largest absolute Gasteiger partial charge is 0.367 e. The Labute approximate surface area is 195 Å². The van der Waals surface area contributed by atoms with Crippen molar-refractivity contribution in [1.82, 2.24) is 4.31 Å². The Bertz CT molecular complexity index is 1320. The molecule has 3 aromatic rings. The monoisotopic (exact) mass is 463 g/mol. The third-order valence-corrected chi connectivity index (χ3v) is 8.19. The maximum absolute atomic E-state index is 13.2. The number of hydrogen-bond donors (Lipinski definition) is 1. The Hall–Kier alpha value is -3.16. The van der Waals surface area contributed by atoms with Gasteiger partial charge in [0.05, 0.1) is 4.90 Å². The van der Waals surface area contributed by atoms with E-state index in [0.29, 0.717) is 17.7 Å². The molecule has 1 heterocycles. The first kappa shape index (κ1) is 23.0. The Kier molecular flexibility index (Phi) is 6.28. The normalized spacial score (nSPS) is 13.3. The number of aryl methyl sites for hydroxylation is 1. The number of hydrogen-bond acceptors (Lipinski definition) is 4. The first-order valence-corrected chi connectivity index (χ1v) is 12.4. The third kappa shape index (κ3) is 4.51. The van der Waals surface area contributed by atoms with Crippen LogP contribution < -0.4 is 10.2 Å². The molecule has 0 saturated heterocycles. The molecule has 0 fully saturated rings. The van der Waals surface area contributed by atoms with Crippen LogP contribution in [0, 0.1) is 13.8 Å². The number of para-hydroxylation sites is 2. The molecule has 3 aromatic carbocycles. The number of carbonyl (C=O) groups excluding carboxylic acids is 1. The zero-order valence-electron chi connectivity index (χ0n) is 19.4. The fourth-order valence-corrected chi connectivity index (χ4v) is 5.39. The van der Waals surface area contributed by atoms with Gasteiger partial charge in [0.2, 0.25) is 10.0 Å². The maximum Gasteiger partial charge on any atom is 0.255 e. The summed E-state index contributed by atoms with van der Waals surface area (Å²) in [5.41, 5.74) is 6.02. The summed E-state index contributed by atoms with van der Waals surface area (Å²) < 4.78 is 26.7. The molecule has 6 nitrogen and oxygen atoms in total. The SMILES string of the molecule is Cc1cc(C(=O)Nc2ccccc2CN2CCc3ccccc32)cc(S(=O)(=O)N(C)C)c1C. The van der Waals surface area contributed by atoms with E-state index in [1.807, 2.05) is 37.3 Å². The molecule has 0 aliphatic carbocycles. The molecule has 1 aliphatic heterocycles. The van der Waals surface area contributed by atoms with E-state index in [-0.39, 0.29) is 10.8 Å². The number of amides is 1. The molecular formula is C26H29N3O3S. The minimum atomic E-state index is -3.66. The Morgan fingerprint density at radius 1 is 1.03 bits per heavy atom. The average Bonchev–Trinajstić information content (AvgIpc) is 3.19. The molecule has 1 amide bonds. The van der Waals surface area contributed by atoms with Gasteiger partial charge in [-0.05, 0) is 66.8 Å². The molecule has 172 valence electrons. The molecule has 1 N–H and O–H groups in total. The van der Waals surface area contributed by atoms with Crippen LogP contribution in [0.4, 0.5) is 11.4 Å². The van der Waals surface area contributed by atoms with Gasteiger partial charge in [0, 0.05) is 44.1 Å². The van der Waals surface area contributed by atoms with Crippen molar-refractivity contribution in [2.45, 2.75) is 31.7 Å². The maximum atomic E-state index is 13.2. The van der Waals surface area contributed by atoms with Gasteiger partial charge in [0.15, 0.2) is 0 Å². The fraction of sp³-hybridized carbons (Fsp3) is 0.269. The number of benzene rings is 3. The second-order valence-corrected chi connectivity index (χ2v) is 10.7. The van der Waals surface area contributed by atoms with Crippen molar-refractivity contribution in [1.29, 1.82) is 0 Å². The van der Waals surface area contributed by atoms with E-state index in [9.17, 15) is 13.2 Å². The van der Waals surface area contributed by atoms with E-state index < -0.39 is 10.0 Å². The van der Waals surface area contributed by atoms with E-state index in [0.717, 1.165) is 29.8 Å². The smallest absolute Gasteiger partial charge is 0.255 e. The van der Waals surface area contributed by atoms with Gasteiger partial charge in [-0.25, -0.2) is 12.7 Å². The first-order valence-electron chi connectivity index (χ1n) is 10.9. The average molecular weight is 464 g/mol. The molecule has 0 radical (unpaired) electrons. The number of fused-ring (bicyclic) bond motifs is 1. The summed E-state index contributed by atoms with van der Waals surface area (Å²) in [4.78, 5) is 15.7. The zero-order valence-corrected chi connectivity index (χ0v) is 20.2. The summed E-state index contributed by atoms with van der Waals surface area (Å²) >= 11 is 0. The highest BCUT2D eigenvalue weighted by Gasteiger charge is 2.24. The molecule has 1 aliphatic rings. The van der Waals surface area contributed by atoms with Crippen LogP contribution in [0.25, 0.3) is 0 Å². The van der Waals surface area contributed by atoms with E-state index in [1.165, 1.54) is 35.7 Å². The fourth-order valence-electron chi connectivity index (χ4n) is 4.17. The topological polar surface area (TPSA) is 69.7 Å². The highest BCUT2D eigenvalue weighted by molar-refractivity contribution is 7.89. The van der Waals surface area contributed by atoms with Crippen molar-refractivity contribution in [2.75, 3.05) is 30.9 Å². The predicted molar refractivity (Wildman–Crippen MR) is 132 cm³/mol. The van der Waals surface area contributed by atoms with Crippen molar-refractivity contribution < 1.29 is 13.2 Å². The molecule has 0 saturated carbocycles. The molecular weight excluding hydrogens is 434 g/mol. The number of nitrogens with one attached hydrogen (secondary N) is 1. The lowest BCUT2D eigenvalue weighted by Gasteiger charge is -2.21. The second kappa shape index (κ2) is 9.00. The molecule has 33 heavy (non-hydrogen) atoms. The minimum Gasteiger partial charge on any atom is -0.367 e. The summed E-state index contributed by atoms with van der Waals surface area (Å²) in [5.74, 6) is -0.331. The van der Waals surface area contributed by atoms with Gasteiger partial charge in [-0.3, -0.25) is 4.79 Å². The molecule has 0 aromatic heterocycles. The minimum absolute atomic E-state index is 0.152. The summed E-state index contributed by atoms with van der Waals surface area (Å²) in [7, 11) is -0.685. The predicted octanol–water partition coefficient (Wildman–Crippen LogP) is 4.37. The van der Waals surface area contributed by atoms with Crippen LogP contribution in [0.1, 0.15) is 32.6 Å². The highest BCUT2D eigenvalue weighted by Crippen LogP contribution is 2.30. The lowest BCUT2D eigenvalue weighted by atomic mass is 10.1. The van der Waals surface area contributed by atoms with Gasteiger partial charge < -0.3 is 10.2 Å². The molecule has 7 heteroatoms. The molecule has 0 unspecified atom stereocenters. The zero-order chi connectivity index (χ0) is 23.8. The Morgan fingerprint density at radius 3 is 2.48 bits per heavy atom. The van der Waals surface area contributed by atoms with Gasteiger partial charge in [0.25, 0.3) is 5.91 Å². The van der Waals surface area contributed by atoms with Crippen LogP contribution in [0.2, 0.25) is 0 Å². The molecule has 0 bridgehead atoms. The summed E-state index contributed by atoms with van der Waals surface area (Å²) in [6.45, 7) is 5.20. The molecule has 0 atom stereocenters. The van der Waals surface area contributed by atoms with Gasteiger partial charge >= 0.3 is 0 Å². The van der Waals surface area contributed by atoms with Crippen molar-refractivity contribution in [3.63, 3.8) is 0 Å². The Morgan fingerprint density at radius 2 is 1.73 bits per heavy atom. The van der Waals surface area contributed by atoms with Gasteiger partial charge in [-0.15, -0.1) is 0 Å². The first-order chi connectivity index (χ1) is 15.7. The van der Waals surface area contributed by atoms with Crippen molar-refractivity contribution in [3.8, 4) is 0 Å². The van der Waals surface area contributed by atoms with E-state index in [1.54, 1.807) is 13.0 Å². The van der Waals surface area contributed by atoms with Crippen molar-refractivity contribution in [2.24, 2.45) is 0 Å². The van der Waals surface area contributed by atoms with Crippen molar-refractivity contribution in [3.05, 3.63) is 88.5 Å². The van der Waals surface area contributed by atoms with Crippen LogP contribution in [0.15, 0.2) is 65.6 Å². The van der Waals surface area contributed by atoms with Gasteiger partial charge in [-0.2, -0.15) is 0 Å². The van der Waals surface area contributed by atoms with Crippen LogP contribution >= 0.6 is 0 Å².